The molecule has 2 amide bonds. The van der Waals surface area contributed by atoms with Crippen molar-refractivity contribution >= 4 is 11.8 Å². The molecular weight excluding hydrogens is 466 g/mol. The highest BCUT2D eigenvalue weighted by atomic mass is 16.7. The molecule has 37 heavy (non-hydrogen) atoms. The summed E-state index contributed by atoms with van der Waals surface area (Å²) < 4.78 is 10.8. The van der Waals surface area contributed by atoms with Crippen LogP contribution in [0, 0.1) is 6.92 Å². The van der Waals surface area contributed by atoms with Crippen molar-refractivity contribution in [1.82, 2.24) is 14.8 Å². The fourth-order valence-corrected chi connectivity index (χ4v) is 5.62. The van der Waals surface area contributed by atoms with Crippen LogP contribution in [0.15, 0.2) is 54.6 Å². The second-order valence-corrected chi connectivity index (χ2v) is 10.2. The number of ether oxygens (including phenoxy) is 2. The number of carbonyl (C=O) groups is 2. The number of fused-ring (bicyclic) bond motifs is 2. The van der Waals surface area contributed by atoms with Gasteiger partial charge in [0.05, 0.1) is 11.3 Å². The van der Waals surface area contributed by atoms with Crippen molar-refractivity contribution in [2.24, 2.45) is 0 Å². The second-order valence-electron chi connectivity index (χ2n) is 10.2. The van der Waals surface area contributed by atoms with E-state index in [-0.39, 0.29) is 24.5 Å². The molecule has 4 heterocycles. The van der Waals surface area contributed by atoms with Crippen molar-refractivity contribution in [2.45, 2.75) is 51.6 Å². The number of benzene rings is 2. The number of likely N-dealkylation sites (tertiary alicyclic amines) is 1. The third-order valence-corrected chi connectivity index (χ3v) is 7.72. The highest BCUT2D eigenvalue weighted by Crippen LogP contribution is 2.34. The number of hydrogen-bond acceptors (Lipinski definition) is 5. The Labute approximate surface area is 217 Å². The van der Waals surface area contributed by atoms with Gasteiger partial charge in [0.1, 0.15) is 0 Å². The summed E-state index contributed by atoms with van der Waals surface area (Å²) >= 11 is 0. The van der Waals surface area contributed by atoms with Gasteiger partial charge in [0.15, 0.2) is 11.5 Å². The average molecular weight is 498 g/mol. The monoisotopic (exact) mass is 497 g/mol. The van der Waals surface area contributed by atoms with Gasteiger partial charge >= 0.3 is 0 Å². The minimum atomic E-state index is 0.0425. The van der Waals surface area contributed by atoms with Crippen LogP contribution in [0.5, 0.6) is 11.5 Å². The molecule has 0 spiro atoms. The third-order valence-electron chi connectivity index (χ3n) is 7.72. The predicted molar refractivity (Wildman–Crippen MR) is 138 cm³/mol. The summed E-state index contributed by atoms with van der Waals surface area (Å²) in [6, 6.07) is 18.0. The number of hydrogen-bond donors (Lipinski definition) is 0. The summed E-state index contributed by atoms with van der Waals surface area (Å²) in [5.41, 5.74) is 6.00. The van der Waals surface area contributed by atoms with Crippen LogP contribution in [0.1, 0.15) is 63.6 Å². The molecule has 190 valence electrons. The first-order valence-corrected chi connectivity index (χ1v) is 13.0. The van der Waals surface area contributed by atoms with Gasteiger partial charge in [-0.3, -0.25) is 14.6 Å². The van der Waals surface area contributed by atoms with Crippen LogP contribution in [-0.4, -0.2) is 46.5 Å². The Hall–Kier alpha value is -3.87. The maximum absolute atomic E-state index is 13.6. The number of piperidine rings is 1. The molecule has 7 heteroatoms. The molecule has 0 atom stereocenters. The molecule has 0 unspecified atom stereocenters. The van der Waals surface area contributed by atoms with Crippen molar-refractivity contribution in [3.63, 3.8) is 0 Å². The lowest BCUT2D eigenvalue weighted by Gasteiger charge is -2.33. The number of amides is 2. The summed E-state index contributed by atoms with van der Waals surface area (Å²) in [4.78, 5) is 35.2. The van der Waals surface area contributed by atoms with Gasteiger partial charge in [0.25, 0.3) is 5.91 Å². The minimum absolute atomic E-state index is 0.0425. The molecule has 2 aromatic carbocycles. The van der Waals surface area contributed by atoms with Gasteiger partial charge in [0, 0.05) is 44.2 Å². The molecule has 7 nitrogen and oxygen atoms in total. The lowest BCUT2D eigenvalue weighted by molar-refractivity contribution is -0.132. The van der Waals surface area contributed by atoms with Gasteiger partial charge in [-0.2, -0.15) is 0 Å². The Kier molecular flexibility index (Phi) is 6.28. The van der Waals surface area contributed by atoms with E-state index < -0.39 is 0 Å². The molecule has 1 fully saturated rings. The van der Waals surface area contributed by atoms with E-state index in [1.54, 1.807) is 0 Å². The molecule has 6 rings (SSSR count). The molecule has 1 aromatic heterocycles. The van der Waals surface area contributed by atoms with Gasteiger partial charge < -0.3 is 19.3 Å². The van der Waals surface area contributed by atoms with E-state index in [4.69, 9.17) is 14.5 Å². The predicted octanol–water partition coefficient (Wildman–Crippen LogP) is 4.61. The van der Waals surface area contributed by atoms with Crippen molar-refractivity contribution in [3.05, 3.63) is 88.2 Å². The lowest BCUT2D eigenvalue weighted by Crippen LogP contribution is -2.38. The van der Waals surface area contributed by atoms with Crippen LogP contribution in [-0.2, 0) is 24.3 Å². The number of aromatic nitrogens is 1. The van der Waals surface area contributed by atoms with E-state index >= 15 is 0 Å². The fraction of sp³-hybridized carbons (Fsp3) is 0.367. The first kappa shape index (κ1) is 23.5. The van der Waals surface area contributed by atoms with Crippen LogP contribution < -0.4 is 9.47 Å². The Morgan fingerprint density at radius 1 is 0.919 bits per heavy atom. The summed E-state index contributed by atoms with van der Waals surface area (Å²) in [5.74, 6) is 1.88. The van der Waals surface area contributed by atoms with Crippen molar-refractivity contribution < 1.29 is 19.1 Å². The molecule has 0 saturated carbocycles. The largest absolute Gasteiger partial charge is 0.454 e. The fourth-order valence-electron chi connectivity index (χ4n) is 5.62. The summed E-state index contributed by atoms with van der Waals surface area (Å²) in [6.45, 7) is 4.86. The topological polar surface area (TPSA) is 72.0 Å². The lowest BCUT2D eigenvalue weighted by atomic mass is 9.89. The van der Waals surface area contributed by atoms with E-state index in [0.717, 1.165) is 41.3 Å². The van der Waals surface area contributed by atoms with E-state index in [9.17, 15) is 9.59 Å². The zero-order valence-corrected chi connectivity index (χ0v) is 21.1. The number of nitrogens with zero attached hydrogens (tertiary/aromatic N) is 3. The van der Waals surface area contributed by atoms with Gasteiger partial charge in [-0.05, 0) is 67.1 Å². The standard InChI is InChI=1S/C30H31N3O4/c1-20-6-9-25(30(35)33-17-23-4-2-3-5-24(23)18-33)29(31-20)22-12-14-32(15-13-22)28(34)11-8-21-7-10-26-27(16-21)37-19-36-26/h2-7,9-10,16,22H,8,11-15,17-19H2,1H3. The van der Waals surface area contributed by atoms with E-state index in [0.29, 0.717) is 44.6 Å². The summed E-state index contributed by atoms with van der Waals surface area (Å²) in [7, 11) is 0. The van der Waals surface area contributed by atoms with Crippen molar-refractivity contribution in [2.75, 3.05) is 19.9 Å². The number of carbonyl (C=O) groups excluding carboxylic acids is 2. The van der Waals surface area contributed by atoms with Crippen molar-refractivity contribution in [3.8, 4) is 11.5 Å². The number of rotatable bonds is 5. The molecule has 3 aliphatic rings. The average Bonchev–Trinajstić information content (AvgIpc) is 3.58. The Morgan fingerprint density at radius 2 is 1.65 bits per heavy atom. The second kappa shape index (κ2) is 9.88. The molecule has 0 aliphatic carbocycles. The SMILES string of the molecule is Cc1ccc(C(=O)N2Cc3ccccc3C2)c(C2CCN(C(=O)CCc3ccc4c(c3)OCO4)CC2)n1. The van der Waals surface area contributed by atoms with Crippen LogP contribution >= 0.6 is 0 Å². The Balaban J connectivity index is 1.08. The maximum atomic E-state index is 13.6. The third kappa shape index (κ3) is 4.78. The Morgan fingerprint density at radius 3 is 2.41 bits per heavy atom. The van der Waals surface area contributed by atoms with E-state index in [1.807, 2.05) is 59.2 Å². The number of aryl methyl sites for hydroxylation is 2. The van der Waals surface area contributed by atoms with Crippen molar-refractivity contribution in [1.29, 1.82) is 0 Å². The summed E-state index contributed by atoms with van der Waals surface area (Å²) in [6.07, 6.45) is 2.76. The minimum Gasteiger partial charge on any atom is -0.454 e. The molecule has 1 saturated heterocycles. The van der Waals surface area contributed by atoms with Crippen LogP contribution in [0.3, 0.4) is 0 Å². The van der Waals surface area contributed by atoms with Gasteiger partial charge in [-0.1, -0.05) is 30.3 Å². The molecule has 0 radical (unpaired) electrons. The van der Waals surface area contributed by atoms with E-state index in [1.165, 1.54) is 11.1 Å². The summed E-state index contributed by atoms with van der Waals surface area (Å²) in [5, 5.41) is 0. The molecule has 0 bridgehead atoms. The highest BCUT2D eigenvalue weighted by Gasteiger charge is 2.31. The molecule has 0 N–H and O–H groups in total. The molecule has 3 aliphatic heterocycles. The first-order chi connectivity index (χ1) is 18.0. The number of pyridine rings is 1. The van der Waals surface area contributed by atoms with Gasteiger partial charge in [0.2, 0.25) is 12.7 Å². The van der Waals surface area contributed by atoms with Crippen LogP contribution in [0.2, 0.25) is 0 Å². The van der Waals surface area contributed by atoms with Gasteiger partial charge in [-0.15, -0.1) is 0 Å². The zero-order chi connectivity index (χ0) is 25.4. The normalized spacial score (nSPS) is 16.7. The first-order valence-electron chi connectivity index (χ1n) is 13.0. The van der Waals surface area contributed by atoms with Crippen LogP contribution in [0.4, 0.5) is 0 Å². The van der Waals surface area contributed by atoms with E-state index in [2.05, 4.69) is 12.1 Å². The van der Waals surface area contributed by atoms with Crippen LogP contribution in [0.25, 0.3) is 0 Å². The molecule has 3 aromatic rings. The quantitative estimate of drug-likeness (QED) is 0.515. The highest BCUT2D eigenvalue weighted by molar-refractivity contribution is 5.95. The zero-order valence-electron chi connectivity index (χ0n) is 21.1. The molecular formula is C30H31N3O4. The Bertz CT molecular complexity index is 1320. The smallest absolute Gasteiger partial charge is 0.256 e. The van der Waals surface area contributed by atoms with Gasteiger partial charge in [-0.25, -0.2) is 0 Å². The maximum Gasteiger partial charge on any atom is 0.256 e.